The lowest BCUT2D eigenvalue weighted by Gasteiger charge is -2.10. The van der Waals surface area contributed by atoms with Gasteiger partial charge < -0.3 is 4.74 Å². The molecule has 2 aromatic carbocycles. The average molecular weight is 304 g/mol. The van der Waals surface area contributed by atoms with E-state index in [0.717, 1.165) is 7.11 Å². The summed E-state index contributed by atoms with van der Waals surface area (Å²) >= 11 is 0. The quantitative estimate of drug-likeness (QED) is 0.478. The van der Waals surface area contributed by atoms with Crippen LogP contribution in [0, 0.1) is 34.9 Å². The molecule has 0 aliphatic rings. The van der Waals surface area contributed by atoms with Crippen molar-refractivity contribution in [1.29, 1.82) is 0 Å². The number of benzene rings is 2. The first-order valence-corrected chi connectivity index (χ1v) is 5.69. The topological polar surface area (TPSA) is 9.23 Å². The lowest BCUT2D eigenvalue weighted by molar-refractivity contribution is 0.379. The zero-order valence-electron chi connectivity index (χ0n) is 10.6. The normalized spacial score (nSPS) is 10.6. The third-order valence-corrected chi connectivity index (χ3v) is 2.89. The highest BCUT2D eigenvalue weighted by molar-refractivity contribution is 6.67. The van der Waals surface area contributed by atoms with Crippen molar-refractivity contribution in [2.75, 3.05) is 7.11 Å². The predicted octanol–water partition coefficient (Wildman–Crippen LogP) is 1.92. The van der Waals surface area contributed by atoms with Crippen LogP contribution in [0.25, 0.3) is 0 Å². The van der Waals surface area contributed by atoms with E-state index in [1.807, 2.05) is 0 Å². The van der Waals surface area contributed by atoms with Gasteiger partial charge in [-0.15, -0.1) is 0 Å². The zero-order chi connectivity index (χ0) is 15.7. The molecule has 2 rings (SSSR count). The molecule has 0 saturated carbocycles. The fourth-order valence-electron chi connectivity index (χ4n) is 1.85. The highest BCUT2D eigenvalue weighted by Crippen LogP contribution is 2.18. The fraction of sp³-hybridized carbons (Fsp3) is 0.0769. The summed E-state index contributed by atoms with van der Waals surface area (Å²) in [5, 5.41) is 0. The largest absolute Gasteiger partial charge is 0.494 e. The van der Waals surface area contributed by atoms with E-state index in [2.05, 4.69) is 4.74 Å². The summed E-state index contributed by atoms with van der Waals surface area (Å²) in [6, 6.07) is 1.21. The molecule has 0 N–H and O–H groups in total. The van der Waals surface area contributed by atoms with E-state index >= 15 is 0 Å². The standard InChI is InChI=1S/C13H7BF6O/c1-21-9-4-8(18)12(19)11(13(9)20)14-10-6(16)2-5(15)3-7(10)17/h2-4,14H,1H3. The van der Waals surface area contributed by atoms with Gasteiger partial charge in [-0.25, -0.2) is 26.3 Å². The molecule has 21 heavy (non-hydrogen) atoms. The summed E-state index contributed by atoms with van der Waals surface area (Å²) in [6.45, 7) is 0. The van der Waals surface area contributed by atoms with Crippen LogP contribution in [0.2, 0.25) is 0 Å². The van der Waals surface area contributed by atoms with Crippen LogP contribution >= 0.6 is 0 Å². The smallest absolute Gasteiger partial charge is 0.208 e. The van der Waals surface area contributed by atoms with Gasteiger partial charge in [0, 0.05) is 18.2 Å². The molecule has 0 aliphatic heterocycles. The van der Waals surface area contributed by atoms with E-state index in [-0.39, 0.29) is 0 Å². The average Bonchev–Trinajstić information content (AvgIpc) is 2.41. The zero-order valence-corrected chi connectivity index (χ0v) is 10.6. The van der Waals surface area contributed by atoms with Gasteiger partial charge in [-0.3, -0.25) is 0 Å². The second-order valence-corrected chi connectivity index (χ2v) is 4.19. The van der Waals surface area contributed by atoms with Crippen LogP contribution in [-0.4, -0.2) is 14.4 Å². The van der Waals surface area contributed by atoms with Crippen LogP contribution in [0.1, 0.15) is 0 Å². The molecular weight excluding hydrogens is 297 g/mol. The second kappa shape index (κ2) is 5.71. The summed E-state index contributed by atoms with van der Waals surface area (Å²) < 4.78 is 85.1. The molecule has 0 aliphatic carbocycles. The Morgan fingerprint density at radius 3 is 1.86 bits per heavy atom. The SMILES string of the molecule is COc1cc(F)c(F)c(Bc2c(F)cc(F)cc2F)c1F. The fourth-order valence-corrected chi connectivity index (χ4v) is 1.85. The van der Waals surface area contributed by atoms with E-state index < -0.39 is 58.9 Å². The molecule has 110 valence electrons. The number of hydrogen-bond acceptors (Lipinski definition) is 1. The lowest BCUT2D eigenvalue weighted by atomic mass is 9.63. The monoisotopic (exact) mass is 304 g/mol. The van der Waals surface area contributed by atoms with Gasteiger partial charge in [0.15, 0.2) is 23.2 Å². The van der Waals surface area contributed by atoms with Crippen molar-refractivity contribution in [3.63, 3.8) is 0 Å². The molecular formula is C13H7BF6O. The summed E-state index contributed by atoms with van der Waals surface area (Å²) in [5.74, 6) is -8.72. The molecule has 0 fully saturated rings. The Labute approximate surface area is 116 Å². The third kappa shape index (κ3) is 2.84. The highest BCUT2D eigenvalue weighted by atomic mass is 19.2. The van der Waals surface area contributed by atoms with Gasteiger partial charge in [0.2, 0.25) is 7.28 Å². The number of halogens is 6. The minimum atomic E-state index is -1.59. The van der Waals surface area contributed by atoms with E-state index in [1.54, 1.807) is 0 Å². The second-order valence-electron chi connectivity index (χ2n) is 4.19. The molecule has 0 saturated heterocycles. The van der Waals surface area contributed by atoms with E-state index in [4.69, 9.17) is 0 Å². The van der Waals surface area contributed by atoms with E-state index in [9.17, 15) is 26.3 Å². The van der Waals surface area contributed by atoms with Crippen LogP contribution in [-0.2, 0) is 0 Å². The van der Waals surface area contributed by atoms with Gasteiger partial charge in [-0.1, -0.05) is 0 Å². The highest BCUT2D eigenvalue weighted by Gasteiger charge is 2.23. The van der Waals surface area contributed by atoms with E-state index in [1.165, 1.54) is 0 Å². The van der Waals surface area contributed by atoms with Crippen molar-refractivity contribution in [3.05, 3.63) is 53.1 Å². The first kappa shape index (κ1) is 15.3. The minimum Gasteiger partial charge on any atom is -0.494 e. The number of hydrogen-bond donors (Lipinski definition) is 0. The molecule has 0 atom stereocenters. The Morgan fingerprint density at radius 2 is 1.33 bits per heavy atom. The lowest BCUT2D eigenvalue weighted by Crippen LogP contribution is -2.37. The van der Waals surface area contributed by atoms with Crippen molar-refractivity contribution in [2.45, 2.75) is 0 Å². The number of rotatable bonds is 3. The van der Waals surface area contributed by atoms with Crippen molar-refractivity contribution in [1.82, 2.24) is 0 Å². The molecule has 0 bridgehead atoms. The van der Waals surface area contributed by atoms with Crippen LogP contribution in [0.15, 0.2) is 18.2 Å². The van der Waals surface area contributed by atoms with Crippen LogP contribution < -0.4 is 15.7 Å². The summed E-state index contributed by atoms with van der Waals surface area (Å²) in [7, 11) is 0.0995. The first-order valence-electron chi connectivity index (χ1n) is 5.69. The molecule has 0 aromatic heterocycles. The molecule has 0 amide bonds. The molecule has 8 heteroatoms. The number of methoxy groups -OCH3 is 1. The Morgan fingerprint density at radius 1 is 0.762 bits per heavy atom. The summed E-state index contributed by atoms with van der Waals surface area (Å²) in [6.07, 6.45) is 0. The van der Waals surface area contributed by atoms with Crippen LogP contribution in [0.3, 0.4) is 0 Å². The predicted molar refractivity (Wildman–Crippen MR) is 65.6 cm³/mol. The van der Waals surface area contributed by atoms with Crippen molar-refractivity contribution in [2.24, 2.45) is 0 Å². The third-order valence-electron chi connectivity index (χ3n) is 2.89. The molecule has 0 spiro atoms. The summed E-state index contributed by atoms with van der Waals surface area (Å²) in [5.41, 5.74) is -1.68. The van der Waals surface area contributed by atoms with Gasteiger partial charge in [-0.2, -0.15) is 0 Å². The maximum absolute atomic E-state index is 13.9. The van der Waals surface area contributed by atoms with Crippen molar-refractivity contribution >= 4 is 18.2 Å². The maximum atomic E-state index is 13.9. The number of ether oxygens (including phenoxy) is 1. The van der Waals surface area contributed by atoms with E-state index in [0.29, 0.717) is 18.2 Å². The first-order chi connectivity index (χ1) is 9.85. The molecule has 0 unspecified atom stereocenters. The molecule has 2 aromatic rings. The van der Waals surface area contributed by atoms with Gasteiger partial charge >= 0.3 is 0 Å². The Hall–Kier alpha value is -2.12. The molecule has 0 radical (unpaired) electrons. The van der Waals surface area contributed by atoms with Gasteiger partial charge in [0.1, 0.15) is 17.5 Å². The maximum Gasteiger partial charge on any atom is 0.208 e. The van der Waals surface area contributed by atoms with Crippen LogP contribution in [0.4, 0.5) is 26.3 Å². The Balaban J connectivity index is 2.57. The molecule has 0 heterocycles. The van der Waals surface area contributed by atoms with Gasteiger partial charge in [0.25, 0.3) is 0 Å². The summed E-state index contributed by atoms with van der Waals surface area (Å²) in [4.78, 5) is 0. The van der Waals surface area contributed by atoms with Gasteiger partial charge in [0.05, 0.1) is 7.11 Å². The van der Waals surface area contributed by atoms with Crippen molar-refractivity contribution in [3.8, 4) is 5.75 Å². The Bertz CT molecular complexity index is 681. The van der Waals surface area contributed by atoms with Crippen molar-refractivity contribution < 1.29 is 31.1 Å². The minimum absolute atomic E-state index is 0.366. The molecule has 1 nitrogen and oxygen atoms in total. The van der Waals surface area contributed by atoms with Gasteiger partial charge in [-0.05, 0) is 10.9 Å². The Kier molecular flexibility index (Phi) is 4.15. The van der Waals surface area contributed by atoms with Crippen LogP contribution in [0.5, 0.6) is 5.75 Å².